The first-order valence-corrected chi connectivity index (χ1v) is 7.69. The van der Waals surface area contributed by atoms with Gasteiger partial charge >= 0.3 is 0 Å². The molecule has 1 N–H and O–H groups in total. The Kier molecular flexibility index (Phi) is 6.02. The second kappa shape index (κ2) is 7.99. The first-order chi connectivity index (χ1) is 11.0. The summed E-state index contributed by atoms with van der Waals surface area (Å²) in [6.45, 7) is 7.28. The molecule has 120 valence electrons. The molecule has 0 saturated carbocycles. The van der Waals surface area contributed by atoms with Crippen molar-refractivity contribution >= 4 is 0 Å². The molecule has 3 heteroatoms. The molecule has 1 saturated heterocycles. The lowest BCUT2D eigenvalue weighted by Gasteiger charge is -2.16. The molecule has 0 bridgehead atoms. The number of aliphatic hydroxyl groups excluding tert-OH is 1. The Bertz CT molecular complexity index is 640. The van der Waals surface area contributed by atoms with Gasteiger partial charge in [-0.3, -0.25) is 0 Å². The van der Waals surface area contributed by atoms with Crippen molar-refractivity contribution in [2.75, 3.05) is 0 Å². The third-order valence-electron chi connectivity index (χ3n) is 3.46. The van der Waals surface area contributed by atoms with E-state index in [1.54, 1.807) is 0 Å². The van der Waals surface area contributed by atoms with Crippen LogP contribution in [0.5, 0.6) is 0 Å². The van der Waals surface area contributed by atoms with Crippen molar-refractivity contribution in [1.82, 2.24) is 0 Å². The maximum atomic E-state index is 9.24. The quantitative estimate of drug-likeness (QED) is 0.686. The number of hydrogen-bond donors (Lipinski definition) is 1. The SMILES string of the molecule is C=C[C@@H](O)C#CC#CC[C@@H]1OC(C)(C)O[C@H]1Cc1ccccc1. The summed E-state index contributed by atoms with van der Waals surface area (Å²) >= 11 is 0. The highest BCUT2D eigenvalue weighted by atomic mass is 16.7. The third-order valence-corrected chi connectivity index (χ3v) is 3.46. The Labute approximate surface area is 138 Å². The van der Waals surface area contributed by atoms with Crippen molar-refractivity contribution in [3.05, 3.63) is 48.6 Å². The molecule has 2 rings (SSSR count). The van der Waals surface area contributed by atoms with Gasteiger partial charge in [0.1, 0.15) is 6.10 Å². The lowest BCUT2D eigenvalue weighted by Crippen LogP contribution is -2.24. The molecule has 1 aliphatic heterocycles. The van der Waals surface area contributed by atoms with E-state index in [1.807, 2.05) is 32.0 Å². The predicted octanol–water partition coefficient (Wildman–Crippen LogP) is 2.69. The number of aliphatic hydroxyl groups is 1. The van der Waals surface area contributed by atoms with Crippen molar-refractivity contribution < 1.29 is 14.6 Å². The van der Waals surface area contributed by atoms with Crippen LogP contribution < -0.4 is 0 Å². The van der Waals surface area contributed by atoms with Gasteiger partial charge in [-0.05, 0) is 31.3 Å². The molecule has 1 aromatic carbocycles. The van der Waals surface area contributed by atoms with Gasteiger partial charge in [0.2, 0.25) is 0 Å². The van der Waals surface area contributed by atoms with Crippen LogP contribution >= 0.6 is 0 Å². The fourth-order valence-corrected chi connectivity index (χ4v) is 2.47. The molecule has 0 spiro atoms. The smallest absolute Gasteiger partial charge is 0.163 e. The fourth-order valence-electron chi connectivity index (χ4n) is 2.47. The van der Waals surface area contributed by atoms with Gasteiger partial charge in [0, 0.05) is 12.8 Å². The van der Waals surface area contributed by atoms with Crippen LogP contribution in [0.25, 0.3) is 0 Å². The van der Waals surface area contributed by atoms with E-state index in [9.17, 15) is 5.11 Å². The molecule has 1 fully saturated rings. The van der Waals surface area contributed by atoms with Gasteiger partial charge < -0.3 is 14.6 Å². The van der Waals surface area contributed by atoms with Gasteiger partial charge in [0.25, 0.3) is 0 Å². The summed E-state index contributed by atoms with van der Waals surface area (Å²) in [5.41, 5.74) is 1.21. The third kappa shape index (κ3) is 5.58. The van der Waals surface area contributed by atoms with E-state index in [4.69, 9.17) is 9.47 Å². The second-order valence-electron chi connectivity index (χ2n) is 5.86. The van der Waals surface area contributed by atoms with Gasteiger partial charge in [0.15, 0.2) is 5.79 Å². The molecule has 0 aliphatic carbocycles. The van der Waals surface area contributed by atoms with Gasteiger partial charge in [-0.25, -0.2) is 0 Å². The van der Waals surface area contributed by atoms with E-state index in [0.717, 1.165) is 6.42 Å². The molecule has 23 heavy (non-hydrogen) atoms. The lowest BCUT2D eigenvalue weighted by atomic mass is 10.0. The minimum atomic E-state index is -0.833. The first-order valence-electron chi connectivity index (χ1n) is 7.69. The van der Waals surface area contributed by atoms with E-state index < -0.39 is 11.9 Å². The maximum absolute atomic E-state index is 9.24. The average molecular weight is 310 g/mol. The van der Waals surface area contributed by atoms with Crippen LogP contribution in [0.3, 0.4) is 0 Å². The Morgan fingerprint density at radius 3 is 2.61 bits per heavy atom. The van der Waals surface area contributed by atoms with Crippen LogP contribution in [0.1, 0.15) is 25.8 Å². The highest BCUT2D eigenvalue weighted by Crippen LogP contribution is 2.31. The van der Waals surface area contributed by atoms with E-state index in [0.29, 0.717) is 6.42 Å². The second-order valence-corrected chi connectivity index (χ2v) is 5.86. The zero-order chi connectivity index (χ0) is 16.7. The maximum Gasteiger partial charge on any atom is 0.163 e. The van der Waals surface area contributed by atoms with Crippen LogP contribution in [-0.4, -0.2) is 29.2 Å². The molecular weight excluding hydrogens is 288 g/mol. The van der Waals surface area contributed by atoms with Crippen molar-refractivity contribution in [3.8, 4) is 23.7 Å². The average Bonchev–Trinajstić information content (AvgIpc) is 2.81. The number of rotatable bonds is 4. The highest BCUT2D eigenvalue weighted by Gasteiger charge is 2.40. The Balaban J connectivity index is 1.98. The van der Waals surface area contributed by atoms with Crippen molar-refractivity contribution in [3.63, 3.8) is 0 Å². The molecule has 0 unspecified atom stereocenters. The number of ether oxygens (including phenoxy) is 2. The van der Waals surface area contributed by atoms with Crippen LogP contribution in [0.15, 0.2) is 43.0 Å². The van der Waals surface area contributed by atoms with E-state index in [2.05, 4.69) is 42.4 Å². The van der Waals surface area contributed by atoms with Crippen LogP contribution in [0.2, 0.25) is 0 Å². The van der Waals surface area contributed by atoms with Gasteiger partial charge in [-0.2, -0.15) is 0 Å². The molecule has 1 aliphatic rings. The molecule has 1 aromatic rings. The number of benzene rings is 1. The Morgan fingerprint density at radius 1 is 1.22 bits per heavy atom. The normalized spacial score (nSPS) is 23.1. The molecule has 3 atom stereocenters. The van der Waals surface area contributed by atoms with Crippen molar-refractivity contribution in [2.45, 2.75) is 50.8 Å². The van der Waals surface area contributed by atoms with Crippen molar-refractivity contribution in [1.29, 1.82) is 0 Å². The van der Waals surface area contributed by atoms with E-state index in [1.165, 1.54) is 11.6 Å². The molecule has 0 aromatic heterocycles. The van der Waals surface area contributed by atoms with E-state index in [-0.39, 0.29) is 12.2 Å². The lowest BCUT2D eigenvalue weighted by molar-refractivity contribution is -0.145. The van der Waals surface area contributed by atoms with Crippen molar-refractivity contribution in [2.24, 2.45) is 0 Å². The molecule has 1 heterocycles. The summed E-state index contributed by atoms with van der Waals surface area (Å²) in [5, 5.41) is 9.24. The summed E-state index contributed by atoms with van der Waals surface area (Å²) in [6, 6.07) is 10.2. The summed E-state index contributed by atoms with van der Waals surface area (Å²) in [7, 11) is 0. The molecule has 3 nitrogen and oxygen atoms in total. The minimum absolute atomic E-state index is 0.0339. The molecular formula is C20H22O3. The molecule has 0 amide bonds. The largest absolute Gasteiger partial charge is 0.377 e. The zero-order valence-corrected chi connectivity index (χ0v) is 13.6. The summed E-state index contributed by atoms with van der Waals surface area (Å²) in [4.78, 5) is 0. The molecule has 0 radical (unpaired) electrons. The topological polar surface area (TPSA) is 38.7 Å². The first kappa shape index (κ1) is 17.3. The van der Waals surface area contributed by atoms with E-state index >= 15 is 0 Å². The minimum Gasteiger partial charge on any atom is -0.377 e. The predicted molar refractivity (Wildman–Crippen MR) is 90.3 cm³/mol. The van der Waals surface area contributed by atoms with Crippen LogP contribution in [0.4, 0.5) is 0 Å². The summed E-state index contributed by atoms with van der Waals surface area (Å²) in [5.74, 6) is 10.3. The Hall–Kier alpha value is -2.04. The summed E-state index contributed by atoms with van der Waals surface area (Å²) < 4.78 is 11.9. The monoisotopic (exact) mass is 310 g/mol. The van der Waals surface area contributed by atoms with Crippen LogP contribution in [0, 0.1) is 23.7 Å². The Morgan fingerprint density at radius 2 is 1.91 bits per heavy atom. The number of hydrogen-bond acceptors (Lipinski definition) is 3. The fraction of sp³-hybridized carbons (Fsp3) is 0.400. The summed E-state index contributed by atoms with van der Waals surface area (Å²) in [6.07, 6.45) is 1.73. The van der Waals surface area contributed by atoms with Crippen LogP contribution in [-0.2, 0) is 15.9 Å². The van der Waals surface area contributed by atoms with Gasteiger partial charge in [-0.1, -0.05) is 54.8 Å². The van der Waals surface area contributed by atoms with Gasteiger partial charge in [-0.15, -0.1) is 0 Å². The highest BCUT2D eigenvalue weighted by molar-refractivity contribution is 5.29. The van der Waals surface area contributed by atoms with Gasteiger partial charge in [0.05, 0.1) is 12.2 Å². The standard InChI is InChI=1S/C20H22O3/c1-4-17(21)13-9-6-10-14-18-19(23-20(2,3)22-18)15-16-11-7-5-8-12-16/h4-5,7-8,11-12,17-19,21H,1,14-15H2,2-3H3/t17-,18+,19+/m1/s1. The zero-order valence-electron chi connectivity index (χ0n) is 13.6.